The molecule has 3 aromatic heterocycles. The van der Waals surface area contributed by atoms with Crippen LogP contribution in [0.1, 0.15) is 86.0 Å². The highest BCUT2D eigenvalue weighted by atomic mass is 32.2. The van der Waals surface area contributed by atoms with Crippen LogP contribution >= 0.6 is 0 Å². The molecule has 9 nitrogen and oxygen atoms in total. The highest BCUT2D eigenvalue weighted by Crippen LogP contribution is 2.47. The normalized spacial score (nSPS) is 19.9. The molecule has 1 aliphatic heterocycles. The molecular weight excluding hydrogens is 621 g/mol. The molecule has 1 saturated heterocycles. The van der Waals surface area contributed by atoms with Gasteiger partial charge in [-0.2, -0.15) is 0 Å². The highest BCUT2D eigenvalue weighted by molar-refractivity contribution is 7.90. The lowest BCUT2D eigenvalue weighted by Gasteiger charge is -2.42. The van der Waals surface area contributed by atoms with Crippen LogP contribution in [0.4, 0.5) is 0 Å². The number of aryl methyl sites for hydroxylation is 2. The molecule has 250 valence electrons. The number of likely N-dealkylation sites (tertiary alicyclic amines) is 1. The van der Waals surface area contributed by atoms with Crippen molar-refractivity contribution in [1.82, 2.24) is 28.2 Å². The summed E-state index contributed by atoms with van der Waals surface area (Å²) in [7, 11) is -2.10. The van der Waals surface area contributed by atoms with Crippen molar-refractivity contribution in [2.75, 3.05) is 13.1 Å². The molecule has 2 saturated carbocycles. The minimum Gasteiger partial charge on any atom is -0.321 e. The number of hydrogen-bond acceptors (Lipinski definition) is 6. The monoisotopic (exact) mass is 664 g/mol. The molecule has 0 amide bonds. The molecule has 0 spiro atoms. The number of pyridine rings is 1. The first kappa shape index (κ1) is 31.3. The highest BCUT2D eigenvalue weighted by Gasteiger charge is 2.40. The fourth-order valence-electron chi connectivity index (χ4n) is 8.05. The summed E-state index contributed by atoms with van der Waals surface area (Å²) >= 11 is 0. The smallest absolute Gasteiger partial charge is 0.280 e. The third-order valence-corrected chi connectivity index (χ3v) is 12.8. The molecule has 8 rings (SSSR count). The summed E-state index contributed by atoms with van der Waals surface area (Å²) in [6.45, 7) is 6.51. The van der Waals surface area contributed by atoms with E-state index in [2.05, 4.69) is 34.2 Å². The Hall–Kier alpha value is -4.02. The quantitative estimate of drug-likeness (QED) is 0.185. The SMILES string of the molecule is Cc1ccc(S(=O)(=O)n2c(CN3CCC[C@H](C)C3)cc3c(C4CC4)cn(-c4cccc(C5(Cc6nncn6C)CCC5)c4)c(=O)c32)cc1. The van der Waals surface area contributed by atoms with E-state index in [0.29, 0.717) is 24.1 Å². The van der Waals surface area contributed by atoms with Crippen molar-refractivity contribution >= 4 is 20.9 Å². The zero-order valence-corrected chi connectivity index (χ0v) is 28.9. The summed E-state index contributed by atoms with van der Waals surface area (Å²) in [5, 5.41) is 9.25. The number of rotatable bonds is 9. The van der Waals surface area contributed by atoms with Gasteiger partial charge in [-0.25, -0.2) is 12.4 Å². The Bertz CT molecular complexity index is 2170. The van der Waals surface area contributed by atoms with Gasteiger partial charge in [0.25, 0.3) is 15.6 Å². The van der Waals surface area contributed by atoms with E-state index in [1.165, 1.54) is 16.0 Å². The summed E-state index contributed by atoms with van der Waals surface area (Å²) in [4.78, 5) is 17.4. The Labute approximate surface area is 282 Å². The van der Waals surface area contributed by atoms with Gasteiger partial charge in [-0.3, -0.25) is 14.3 Å². The van der Waals surface area contributed by atoms with Crippen LogP contribution in [0.5, 0.6) is 0 Å². The van der Waals surface area contributed by atoms with Crippen molar-refractivity contribution in [2.24, 2.45) is 13.0 Å². The second-order valence-electron chi connectivity index (χ2n) is 14.7. The van der Waals surface area contributed by atoms with E-state index in [9.17, 15) is 13.2 Å². The molecular formula is C38H44N6O3S. The molecule has 3 aliphatic rings. The molecule has 0 N–H and O–H groups in total. The van der Waals surface area contributed by atoms with Crippen LogP contribution in [0, 0.1) is 12.8 Å². The van der Waals surface area contributed by atoms with E-state index in [4.69, 9.17) is 0 Å². The van der Waals surface area contributed by atoms with E-state index < -0.39 is 10.0 Å². The molecule has 4 heterocycles. The topological polar surface area (TPSA) is 95.0 Å². The zero-order valence-electron chi connectivity index (χ0n) is 28.1. The lowest BCUT2D eigenvalue weighted by atomic mass is 9.62. The Morgan fingerprint density at radius 2 is 1.79 bits per heavy atom. The summed E-state index contributed by atoms with van der Waals surface area (Å²) in [6.07, 6.45) is 12.1. The molecule has 10 heteroatoms. The number of hydrogen-bond donors (Lipinski definition) is 0. The van der Waals surface area contributed by atoms with Crippen LogP contribution in [0.2, 0.25) is 0 Å². The first-order chi connectivity index (χ1) is 23.1. The van der Waals surface area contributed by atoms with Crippen molar-refractivity contribution in [3.63, 3.8) is 0 Å². The summed E-state index contributed by atoms with van der Waals surface area (Å²) in [6, 6.07) is 17.3. The Kier molecular flexibility index (Phi) is 7.71. The van der Waals surface area contributed by atoms with E-state index in [1.54, 1.807) is 23.0 Å². The van der Waals surface area contributed by atoms with E-state index in [1.807, 2.05) is 55.1 Å². The number of fused-ring (bicyclic) bond motifs is 1. The molecule has 2 aromatic carbocycles. The Morgan fingerprint density at radius 3 is 2.46 bits per heavy atom. The van der Waals surface area contributed by atoms with Gasteiger partial charge in [0, 0.05) is 54.9 Å². The van der Waals surface area contributed by atoms with Crippen molar-refractivity contribution < 1.29 is 8.42 Å². The molecule has 1 atom stereocenters. The van der Waals surface area contributed by atoms with Gasteiger partial charge in [0.2, 0.25) is 0 Å². The standard InChI is InChI=1S/C38H44N6O3S/c1-26-10-14-32(15-11-26)48(46,47)44-31(23-42-18-5-7-27(2)22-42)20-33-34(28-12-13-28)24-43(37(45)36(33)44)30-9-4-8-29(19-30)38(16-6-17-38)21-35-40-39-25-41(35)3/h4,8-11,14-15,19-20,24-25,27-28H,5-7,12-13,16-18,21-23H2,1-3H3/t27-/m0/s1. The number of benzene rings is 2. The first-order valence-electron chi connectivity index (χ1n) is 17.4. The minimum atomic E-state index is -4.08. The van der Waals surface area contributed by atoms with Gasteiger partial charge in [0.05, 0.1) is 4.90 Å². The van der Waals surface area contributed by atoms with Crippen LogP contribution < -0.4 is 5.56 Å². The van der Waals surface area contributed by atoms with Crippen LogP contribution in [-0.4, -0.2) is 49.7 Å². The lowest BCUT2D eigenvalue weighted by molar-refractivity contribution is 0.174. The number of nitrogens with zero attached hydrogens (tertiary/aromatic N) is 6. The van der Waals surface area contributed by atoms with E-state index in [0.717, 1.165) is 86.1 Å². The predicted octanol–water partition coefficient (Wildman–Crippen LogP) is 6.24. The van der Waals surface area contributed by atoms with E-state index >= 15 is 0 Å². The summed E-state index contributed by atoms with van der Waals surface area (Å²) < 4.78 is 34.4. The van der Waals surface area contributed by atoms with Crippen molar-refractivity contribution in [3.05, 3.63) is 106 Å². The van der Waals surface area contributed by atoms with Crippen molar-refractivity contribution in [3.8, 4) is 5.69 Å². The molecule has 48 heavy (non-hydrogen) atoms. The van der Waals surface area contributed by atoms with Gasteiger partial charge in [-0.15, -0.1) is 10.2 Å². The molecule has 0 radical (unpaired) electrons. The van der Waals surface area contributed by atoms with Crippen LogP contribution in [0.3, 0.4) is 0 Å². The largest absolute Gasteiger partial charge is 0.321 e. The van der Waals surface area contributed by atoms with Crippen molar-refractivity contribution in [2.45, 2.75) is 88.0 Å². The van der Waals surface area contributed by atoms with Crippen LogP contribution in [-0.2, 0) is 35.5 Å². The molecule has 5 aromatic rings. The third-order valence-electron chi connectivity index (χ3n) is 11.1. The van der Waals surface area contributed by atoms with E-state index in [-0.39, 0.29) is 21.4 Å². The lowest BCUT2D eigenvalue weighted by Crippen LogP contribution is -2.37. The van der Waals surface area contributed by atoms with Crippen LogP contribution in [0.25, 0.3) is 16.6 Å². The second-order valence-corrected chi connectivity index (χ2v) is 16.5. The predicted molar refractivity (Wildman–Crippen MR) is 187 cm³/mol. The van der Waals surface area contributed by atoms with Gasteiger partial charge in [-0.05, 0) is 105 Å². The maximum absolute atomic E-state index is 14.8. The fourth-order valence-corrected chi connectivity index (χ4v) is 9.57. The maximum atomic E-state index is 14.8. The first-order valence-corrected chi connectivity index (χ1v) is 18.9. The molecule has 2 aliphatic carbocycles. The minimum absolute atomic E-state index is 0.0718. The van der Waals surface area contributed by atoms with Gasteiger partial charge in [0.1, 0.15) is 17.7 Å². The summed E-state index contributed by atoms with van der Waals surface area (Å²) in [5.74, 6) is 1.80. The number of aromatic nitrogens is 5. The Morgan fingerprint density at radius 1 is 1.00 bits per heavy atom. The summed E-state index contributed by atoms with van der Waals surface area (Å²) in [5.41, 5.74) is 4.50. The zero-order chi connectivity index (χ0) is 33.2. The average molecular weight is 665 g/mol. The average Bonchev–Trinajstić information content (AvgIpc) is 3.70. The molecule has 0 unspecified atom stereocenters. The van der Waals surface area contributed by atoms with Gasteiger partial charge in [0.15, 0.2) is 0 Å². The molecule has 0 bridgehead atoms. The van der Waals surface area contributed by atoms with Crippen LogP contribution in [0.15, 0.2) is 76.8 Å². The van der Waals surface area contributed by atoms with Gasteiger partial charge >= 0.3 is 0 Å². The van der Waals surface area contributed by atoms with Gasteiger partial charge in [-0.1, -0.05) is 43.2 Å². The molecule has 3 fully saturated rings. The number of piperidine rings is 1. The van der Waals surface area contributed by atoms with Gasteiger partial charge < -0.3 is 4.57 Å². The third kappa shape index (κ3) is 5.43. The maximum Gasteiger partial charge on any atom is 0.280 e. The fraction of sp³-hybridized carbons (Fsp3) is 0.447. The second kappa shape index (κ2) is 11.8. The van der Waals surface area contributed by atoms with Crippen molar-refractivity contribution in [1.29, 1.82) is 0 Å². The Balaban J connectivity index is 1.31.